The molecular formula is C19H20F2N2O. The van der Waals surface area contributed by atoms with Gasteiger partial charge in [0.2, 0.25) is 0 Å². The van der Waals surface area contributed by atoms with E-state index in [1.165, 1.54) is 12.1 Å². The van der Waals surface area contributed by atoms with Crippen molar-refractivity contribution in [3.63, 3.8) is 0 Å². The number of nitrogens with zero attached hydrogens (tertiary/aromatic N) is 2. The van der Waals surface area contributed by atoms with Crippen LogP contribution in [0.4, 0.5) is 8.78 Å². The summed E-state index contributed by atoms with van der Waals surface area (Å²) < 4.78 is 26.2. The van der Waals surface area contributed by atoms with Gasteiger partial charge in [0.1, 0.15) is 0 Å². The molecule has 1 aliphatic rings. The van der Waals surface area contributed by atoms with Gasteiger partial charge < -0.3 is 4.90 Å². The molecule has 0 unspecified atom stereocenters. The lowest BCUT2D eigenvalue weighted by molar-refractivity contribution is 0.0668. The Kier molecular flexibility index (Phi) is 5.18. The van der Waals surface area contributed by atoms with Crippen LogP contribution in [-0.2, 0) is 6.42 Å². The van der Waals surface area contributed by atoms with Gasteiger partial charge in [0, 0.05) is 31.0 Å². The fourth-order valence-electron chi connectivity index (χ4n) is 3.23. The average Bonchev–Trinajstić information content (AvgIpc) is 2.63. The number of benzene rings is 1. The maximum absolute atomic E-state index is 13.3. The van der Waals surface area contributed by atoms with Crippen molar-refractivity contribution in [2.75, 3.05) is 13.1 Å². The van der Waals surface area contributed by atoms with Crippen LogP contribution in [-0.4, -0.2) is 28.9 Å². The molecule has 0 spiro atoms. The second kappa shape index (κ2) is 7.51. The fraction of sp³-hybridized carbons (Fsp3) is 0.368. The van der Waals surface area contributed by atoms with Crippen LogP contribution in [0.1, 0.15) is 35.2 Å². The molecule has 0 radical (unpaired) electrons. The zero-order valence-corrected chi connectivity index (χ0v) is 13.4. The lowest BCUT2D eigenvalue weighted by Crippen LogP contribution is -2.40. The lowest BCUT2D eigenvalue weighted by atomic mass is 9.91. The Morgan fingerprint density at radius 1 is 1.17 bits per heavy atom. The summed E-state index contributed by atoms with van der Waals surface area (Å²) in [5, 5.41) is 0. The first-order valence-electron chi connectivity index (χ1n) is 8.26. The van der Waals surface area contributed by atoms with Crippen LogP contribution in [0, 0.1) is 17.6 Å². The van der Waals surface area contributed by atoms with Gasteiger partial charge in [-0.15, -0.1) is 0 Å². The second-order valence-electron chi connectivity index (χ2n) is 6.28. The number of carbonyl (C=O) groups is 1. The van der Waals surface area contributed by atoms with Crippen LogP contribution >= 0.6 is 0 Å². The number of pyridine rings is 1. The molecule has 1 atom stereocenters. The molecule has 2 heterocycles. The SMILES string of the molecule is O=C(c1ccncc1)N1CCC[C@H](CCc2ccc(F)c(F)c2)C1. The van der Waals surface area contributed by atoms with Crippen molar-refractivity contribution in [2.24, 2.45) is 5.92 Å². The van der Waals surface area contributed by atoms with Crippen molar-refractivity contribution in [2.45, 2.75) is 25.7 Å². The first-order valence-corrected chi connectivity index (χ1v) is 8.26. The molecule has 3 rings (SSSR count). The van der Waals surface area contributed by atoms with Gasteiger partial charge in [-0.05, 0) is 61.4 Å². The van der Waals surface area contributed by atoms with Crippen LogP contribution in [0.3, 0.4) is 0 Å². The Bertz CT molecular complexity index is 706. The predicted octanol–water partition coefficient (Wildman–Crippen LogP) is 3.84. The largest absolute Gasteiger partial charge is 0.338 e. The van der Waals surface area contributed by atoms with Crippen molar-refractivity contribution >= 4 is 5.91 Å². The van der Waals surface area contributed by atoms with Gasteiger partial charge in [-0.25, -0.2) is 8.78 Å². The van der Waals surface area contributed by atoms with Crippen LogP contribution in [0.5, 0.6) is 0 Å². The Labute approximate surface area is 140 Å². The number of likely N-dealkylation sites (tertiary alicyclic amines) is 1. The minimum absolute atomic E-state index is 0.0370. The fourth-order valence-corrected chi connectivity index (χ4v) is 3.23. The second-order valence-corrected chi connectivity index (χ2v) is 6.28. The molecular weight excluding hydrogens is 310 g/mol. The van der Waals surface area contributed by atoms with E-state index >= 15 is 0 Å². The van der Waals surface area contributed by atoms with E-state index < -0.39 is 11.6 Å². The number of hydrogen-bond acceptors (Lipinski definition) is 2. The third kappa shape index (κ3) is 3.96. The predicted molar refractivity (Wildman–Crippen MR) is 87.5 cm³/mol. The summed E-state index contributed by atoms with van der Waals surface area (Å²) in [5.41, 5.74) is 1.46. The Morgan fingerprint density at radius 2 is 1.96 bits per heavy atom. The zero-order chi connectivity index (χ0) is 16.9. The topological polar surface area (TPSA) is 33.2 Å². The number of halogens is 2. The normalized spacial score (nSPS) is 17.8. The summed E-state index contributed by atoms with van der Waals surface area (Å²) in [5.74, 6) is -1.19. The first-order chi connectivity index (χ1) is 11.6. The van der Waals surface area contributed by atoms with Gasteiger partial charge in [-0.1, -0.05) is 6.07 Å². The van der Waals surface area contributed by atoms with Crippen LogP contribution < -0.4 is 0 Å². The molecule has 0 N–H and O–H groups in total. The van der Waals surface area contributed by atoms with Gasteiger partial charge in [0.25, 0.3) is 5.91 Å². The summed E-state index contributed by atoms with van der Waals surface area (Å²) >= 11 is 0. The smallest absolute Gasteiger partial charge is 0.253 e. The highest BCUT2D eigenvalue weighted by molar-refractivity contribution is 5.94. The van der Waals surface area contributed by atoms with Crippen molar-refractivity contribution in [3.8, 4) is 0 Å². The average molecular weight is 330 g/mol. The van der Waals surface area contributed by atoms with Crippen molar-refractivity contribution in [1.82, 2.24) is 9.88 Å². The molecule has 1 aromatic heterocycles. The van der Waals surface area contributed by atoms with Gasteiger partial charge in [-0.3, -0.25) is 9.78 Å². The first kappa shape index (κ1) is 16.6. The monoisotopic (exact) mass is 330 g/mol. The van der Waals surface area contributed by atoms with E-state index in [4.69, 9.17) is 0 Å². The van der Waals surface area contributed by atoms with E-state index in [2.05, 4.69) is 4.98 Å². The quantitative estimate of drug-likeness (QED) is 0.853. The number of rotatable bonds is 4. The van der Waals surface area contributed by atoms with Crippen molar-refractivity contribution in [1.29, 1.82) is 0 Å². The number of amides is 1. The highest BCUT2D eigenvalue weighted by Crippen LogP contribution is 2.23. The molecule has 0 saturated carbocycles. The number of piperidine rings is 1. The van der Waals surface area contributed by atoms with E-state index in [0.29, 0.717) is 24.4 Å². The summed E-state index contributed by atoms with van der Waals surface area (Å²) in [6, 6.07) is 7.52. The molecule has 1 saturated heterocycles. The lowest BCUT2D eigenvalue weighted by Gasteiger charge is -2.33. The van der Waals surface area contributed by atoms with Crippen LogP contribution in [0.15, 0.2) is 42.7 Å². The van der Waals surface area contributed by atoms with E-state index in [1.807, 2.05) is 4.90 Å². The molecule has 5 heteroatoms. The molecule has 3 nitrogen and oxygen atoms in total. The van der Waals surface area contributed by atoms with Crippen molar-refractivity contribution < 1.29 is 13.6 Å². The summed E-state index contributed by atoms with van der Waals surface area (Å²) in [7, 11) is 0. The molecule has 1 amide bonds. The summed E-state index contributed by atoms with van der Waals surface area (Å²) in [6.45, 7) is 1.48. The maximum atomic E-state index is 13.3. The van der Waals surface area contributed by atoms with E-state index in [0.717, 1.165) is 31.4 Å². The highest BCUT2D eigenvalue weighted by Gasteiger charge is 2.24. The Balaban J connectivity index is 1.57. The number of aryl methyl sites for hydroxylation is 1. The third-order valence-electron chi connectivity index (χ3n) is 4.56. The van der Waals surface area contributed by atoms with Gasteiger partial charge >= 0.3 is 0 Å². The number of hydrogen-bond donors (Lipinski definition) is 0. The highest BCUT2D eigenvalue weighted by atomic mass is 19.2. The molecule has 1 aliphatic heterocycles. The summed E-state index contributed by atoms with van der Waals surface area (Å²) in [6.07, 6.45) is 6.84. The Hall–Kier alpha value is -2.30. The maximum Gasteiger partial charge on any atom is 0.253 e. The van der Waals surface area contributed by atoms with E-state index in [-0.39, 0.29) is 5.91 Å². The molecule has 0 bridgehead atoms. The molecule has 24 heavy (non-hydrogen) atoms. The molecule has 126 valence electrons. The van der Waals surface area contributed by atoms with Crippen LogP contribution in [0.2, 0.25) is 0 Å². The van der Waals surface area contributed by atoms with Gasteiger partial charge in [0.05, 0.1) is 0 Å². The van der Waals surface area contributed by atoms with E-state index in [1.54, 1.807) is 30.6 Å². The third-order valence-corrected chi connectivity index (χ3v) is 4.56. The van der Waals surface area contributed by atoms with E-state index in [9.17, 15) is 13.6 Å². The molecule has 2 aromatic rings. The minimum atomic E-state index is -0.814. The number of aromatic nitrogens is 1. The standard InChI is InChI=1S/C19H20F2N2O/c20-17-6-5-14(12-18(17)21)3-4-15-2-1-11-23(13-15)19(24)16-7-9-22-10-8-16/h5-10,12,15H,1-4,11,13H2/t15-/m1/s1. The molecule has 1 fully saturated rings. The Morgan fingerprint density at radius 3 is 2.71 bits per heavy atom. The molecule has 0 aliphatic carbocycles. The van der Waals surface area contributed by atoms with Crippen LogP contribution in [0.25, 0.3) is 0 Å². The molecule has 1 aromatic carbocycles. The van der Waals surface area contributed by atoms with Gasteiger partial charge in [-0.2, -0.15) is 0 Å². The number of carbonyl (C=O) groups excluding carboxylic acids is 1. The minimum Gasteiger partial charge on any atom is -0.338 e. The van der Waals surface area contributed by atoms with Crippen molar-refractivity contribution in [3.05, 3.63) is 65.5 Å². The zero-order valence-electron chi connectivity index (χ0n) is 13.4. The van der Waals surface area contributed by atoms with Gasteiger partial charge in [0.15, 0.2) is 11.6 Å². The summed E-state index contributed by atoms with van der Waals surface area (Å²) in [4.78, 5) is 18.3.